The fourth-order valence-electron chi connectivity index (χ4n) is 12.6. The maximum absolute atomic E-state index is 6.91. The van der Waals surface area contributed by atoms with Crippen LogP contribution in [0.3, 0.4) is 0 Å². The van der Waals surface area contributed by atoms with E-state index in [0.717, 1.165) is 50.0 Å². The van der Waals surface area contributed by atoms with E-state index >= 15 is 0 Å². The molecule has 4 heteroatoms. The van der Waals surface area contributed by atoms with Crippen molar-refractivity contribution >= 4 is 93.6 Å². The highest BCUT2D eigenvalue weighted by molar-refractivity contribution is 6.25. The fraction of sp³-hybridized carbons (Fsp3) is 0.0164. The Kier molecular flexibility index (Phi) is 6.21. The van der Waals surface area contributed by atoms with Crippen molar-refractivity contribution < 1.29 is 4.42 Å². The molecule has 65 heavy (non-hydrogen) atoms. The molecule has 0 radical (unpaired) electrons. The van der Waals surface area contributed by atoms with Crippen molar-refractivity contribution in [2.75, 3.05) is 4.90 Å². The fourth-order valence-corrected chi connectivity index (χ4v) is 12.6. The Morgan fingerprint density at radius 2 is 0.846 bits per heavy atom. The summed E-state index contributed by atoms with van der Waals surface area (Å²) in [4.78, 5) is 2.45. The van der Waals surface area contributed by atoms with Crippen LogP contribution in [0, 0.1) is 0 Å². The van der Waals surface area contributed by atoms with Crippen molar-refractivity contribution in [2.45, 2.75) is 5.41 Å². The maximum Gasteiger partial charge on any atom is 0.159 e. The van der Waals surface area contributed by atoms with Gasteiger partial charge in [-0.05, 0) is 99.1 Å². The zero-order chi connectivity index (χ0) is 42.1. The van der Waals surface area contributed by atoms with E-state index in [2.05, 4.69) is 226 Å². The van der Waals surface area contributed by atoms with Gasteiger partial charge in [0.15, 0.2) is 5.58 Å². The van der Waals surface area contributed by atoms with E-state index in [-0.39, 0.29) is 0 Å². The monoisotopic (exact) mass is 825 g/mol. The normalized spacial score (nSPS) is 13.7. The van der Waals surface area contributed by atoms with Crippen molar-refractivity contribution in [3.05, 3.63) is 235 Å². The SMILES string of the molecule is c1ccc2c(c1)-c1ccccc1C21c2ccccc2-c2ccc(N(c3ccc4c(c3)n3c5ccccc5c5ccc6c7ccccc7n4c6c53)c3cccc4c3oc3ccccc34)cc21. The van der Waals surface area contributed by atoms with Gasteiger partial charge >= 0.3 is 0 Å². The predicted octanol–water partition coefficient (Wildman–Crippen LogP) is 16.0. The lowest BCUT2D eigenvalue weighted by Gasteiger charge is -2.32. The summed E-state index contributed by atoms with van der Waals surface area (Å²) in [6.07, 6.45) is 0. The van der Waals surface area contributed by atoms with Gasteiger partial charge in [-0.25, -0.2) is 0 Å². The van der Waals surface area contributed by atoms with Crippen LogP contribution in [-0.4, -0.2) is 8.80 Å². The molecule has 0 saturated carbocycles. The van der Waals surface area contributed by atoms with Crippen molar-refractivity contribution in [2.24, 2.45) is 0 Å². The lowest BCUT2D eigenvalue weighted by molar-refractivity contribution is 0.669. The second-order valence-corrected chi connectivity index (χ2v) is 17.9. The quantitative estimate of drug-likeness (QED) is 0.166. The molecule has 1 spiro atoms. The summed E-state index contributed by atoms with van der Waals surface area (Å²) in [6, 6.07) is 78.8. The van der Waals surface area contributed by atoms with Gasteiger partial charge in [0, 0.05) is 43.7 Å². The molecule has 0 saturated heterocycles. The largest absolute Gasteiger partial charge is 0.454 e. The summed E-state index contributed by atoms with van der Waals surface area (Å²) in [6.45, 7) is 0. The van der Waals surface area contributed by atoms with Gasteiger partial charge in [-0.3, -0.25) is 0 Å². The van der Waals surface area contributed by atoms with Gasteiger partial charge in [-0.2, -0.15) is 0 Å². The van der Waals surface area contributed by atoms with E-state index in [0.29, 0.717) is 0 Å². The first-order valence-electron chi connectivity index (χ1n) is 22.5. The van der Waals surface area contributed by atoms with Crippen LogP contribution >= 0.6 is 0 Å². The average Bonchev–Trinajstić information content (AvgIpc) is 4.16. The topological polar surface area (TPSA) is 25.2 Å². The standard InChI is InChI=1S/C61H35N3O/c1-7-21-48-38(14-1)39-15-2-8-22-49(39)61(48)50-23-9-3-16-40(50)41-30-28-36(34-51(41)61)62(55-26-13-20-47-44-19-6-12-27-57(44)65-60(47)55)37-29-33-54-56(35-37)64-53-25-11-5-18-43(53)46-32-31-45-42-17-4-10-24-52(42)63(54)58(45)59(46)64/h1-35H. The van der Waals surface area contributed by atoms with Crippen LogP contribution in [0.2, 0.25) is 0 Å². The molecule has 10 aromatic carbocycles. The van der Waals surface area contributed by atoms with Gasteiger partial charge in [0.1, 0.15) is 5.58 Å². The first-order valence-corrected chi connectivity index (χ1v) is 22.5. The van der Waals surface area contributed by atoms with Gasteiger partial charge < -0.3 is 18.1 Å². The lowest BCUT2D eigenvalue weighted by atomic mass is 9.70. The molecule has 2 aliphatic rings. The predicted molar refractivity (Wildman–Crippen MR) is 268 cm³/mol. The highest BCUT2D eigenvalue weighted by Crippen LogP contribution is 2.63. The molecule has 0 atom stereocenters. The van der Waals surface area contributed by atoms with Crippen LogP contribution in [0.25, 0.3) is 98.8 Å². The van der Waals surface area contributed by atoms with E-state index < -0.39 is 5.41 Å². The number of anilines is 3. The van der Waals surface area contributed by atoms with E-state index in [1.165, 1.54) is 88.1 Å². The summed E-state index contributed by atoms with van der Waals surface area (Å²) in [7, 11) is 0. The first-order chi connectivity index (χ1) is 32.3. The summed E-state index contributed by atoms with van der Waals surface area (Å²) in [5.41, 5.74) is 22.0. The van der Waals surface area contributed by atoms with Crippen LogP contribution < -0.4 is 4.90 Å². The Balaban J connectivity index is 1.04. The number of aromatic nitrogens is 2. The summed E-state index contributed by atoms with van der Waals surface area (Å²) >= 11 is 0. The second-order valence-electron chi connectivity index (χ2n) is 17.9. The van der Waals surface area contributed by atoms with Gasteiger partial charge in [0.05, 0.1) is 44.2 Å². The molecular formula is C61H35N3O. The lowest BCUT2D eigenvalue weighted by Crippen LogP contribution is -2.26. The molecule has 4 nitrogen and oxygen atoms in total. The maximum atomic E-state index is 6.91. The molecule has 0 N–H and O–H groups in total. The second kappa shape index (κ2) is 11.9. The number of furan rings is 1. The molecule has 0 fully saturated rings. The van der Waals surface area contributed by atoms with E-state index in [1.807, 2.05) is 0 Å². The van der Waals surface area contributed by atoms with Crippen LogP contribution in [0.5, 0.6) is 0 Å². The minimum absolute atomic E-state index is 0.484. The van der Waals surface area contributed by atoms with Gasteiger partial charge in [0.25, 0.3) is 0 Å². The van der Waals surface area contributed by atoms with Crippen molar-refractivity contribution in [3.63, 3.8) is 0 Å². The summed E-state index contributed by atoms with van der Waals surface area (Å²) in [5.74, 6) is 0. The number of hydrogen-bond donors (Lipinski definition) is 0. The zero-order valence-corrected chi connectivity index (χ0v) is 35.0. The van der Waals surface area contributed by atoms with Crippen molar-refractivity contribution in [1.29, 1.82) is 0 Å². The van der Waals surface area contributed by atoms with E-state index in [4.69, 9.17) is 4.42 Å². The van der Waals surface area contributed by atoms with Crippen LogP contribution in [0.15, 0.2) is 217 Å². The smallest absolute Gasteiger partial charge is 0.159 e. The van der Waals surface area contributed by atoms with Crippen LogP contribution in [0.4, 0.5) is 17.1 Å². The number of nitrogens with zero attached hydrogens (tertiary/aromatic N) is 3. The van der Waals surface area contributed by atoms with Crippen molar-refractivity contribution in [1.82, 2.24) is 8.80 Å². The molecule has 14 aromatic rings. The third-order valence-corrected chi connectivity index (χ3v) is 15.0. The molecule has 2 aliphatic carbocycles. The van der Waals surface area contributed by atoms with Gasteiger partial charge in [-0.15, -0.1) is 0 Å². The molecule has 0 aliphatic heterocycles. The first kappa shape index (κ1) is 34.0. The number of rotatable bonds is 3. The van der Waals surface area contributed by atoms with Gasteiger partial charge in [0.2, 0.25) is 0 Å². The van der Waals surface area contributed by atoms with Gasteiger partial charge in [-0.1, -0.05) is 158 Å². The Bertz CT molecular complexity index is 4330. The Hall–Kier alpha value is -8.60. The summed E-state index contributed by atoms with van der Waals surface area (Å²) < 4.78 is 11.9. The van der Waals surface area contributed by atoms with Crippen LogP contribution in [0.1, 0.15) is 22.3 Å². The summed E-state index contributed by atoms with van der Waals surface area (Å²) in [5, 5.41) is 7.26. The number of benzene rings is 10. The van der Waals surface area contributed by atoms with Crippen LogP contribution in [-0.2, 0) is 5.41 Å². The molecule has 0 amide bonds. The highest BCUT2D eigenvalue weighted by Gasteiger charge is 2.51. The molecule has 0 bridgehead atoms. The Morgan fingerprint density at radius 1 is 0.338 bits per heavy atom. The van der Waals surface area contributed by atoms with E-state index in [9.17, 15) is 0 Å². The average molecular weight is 826 g/mol. The highest BCUT2D eigenvalue weighted by atomic mass is 16.3. The molecule has 16 rings (SSSR count). The van der Waals surface area contributed by atoms with E-state index in [1.54, 1.807) is 0 Å². The molecule has 300 valence electrons. The zero-order valence-electron chi connectivity index (χ0n) is 35.0. The molecule has 0 unspecified atom stereocenters. The number of hydrogen-bond acceptors (Lipinski definition) is 2. The minimum atomic E-state index is -0.484. The Morgan fingerprint density at radius 3 is 1.51 bits per heavy atom. The third-order valence-electron chi connectivity index (χ3n) is 15.0. The third kappa shape index (κ3) is 4.01. The number of para-hydroxylation sites is 4. The molecule has 4 heterocycles. The minimum Gasteiger partial charge on any atom is -0.454 e. The number of fused-ring (bicyclic) bond motifs is 22. The van der Waals surface area contributed by atoms with Crippen molar-refractivity contribution in [3.8, 4) is 22.3 Å². The molecular weight excluding hydrogens is 791 g/mol. The molecule has 4 aromatic heterocycles. The Labute approximate surface area is 372 Å².